The minimum absolute atomic E-state index is 0.0872. The van der Waals surface area contributed by atoms with Crippen LogP contribution in [-0.2, 0) is 9.53 Å². The van der Waals surface area contributed by atoms with Crippen LogP contribution in [0.25, 0.3) is 0 Å². The molecule has 1 aromatic heterocycles. The van der Waals surface area contributed by atoms with Gasteiger partial charge in [-0.1, -0.05) is 41.3 Å². The third kappa shape index (κ3) is 4.93. The Bertz CT molecular complexity index is 727. The monoisotopic (exact) mass is 378 g/mol. The summed E-state index contributed by atoms with van der Waals surface area (Å²) in [6.07, 6.45) is 0.174. The maximum absolute atomic E-state index is 12.4. The maximum atomic E-state index is 12.4. The average molecular weight is 379 g/mol. The number of benzene rings is 1. The fourth-order valence-electron chi connectivity index (χ4n) is 2.74. The van der Waals surface area contributed by atoms with Crippen LogP contribution >= 0.6 is 23.1 Å². The standard InChI is InChI=1S/C17H22N4O2S2/c1-11-6-4-5-7-14(11)18-16-19-20-17(25-16)24-10-15(22)21-8-12(2)23-13(3)9-21/h4-7,12-13H,8-10H2,1-3H3,(H,18,19)/t12-,13-/m0/s1. The summed E-state index contributed by atoms with van der Waals surface area (Å²) in [7, 11) is 0. The van der Waals surface area contributed by atoms with Gasteiger partial charge in [0.15, 0.2) is 4.34 Å². The molecule has 0 bridgehead atoms. The van der Waals surface area contributed by atoms with E-state index in [0.717, 1.165) is 20.7 Å². The summed E-state index contributed by atoms with van der Waals surface area (Å²) in [6.45, 7) is 7.34. The Morgan fingerprint density at radius 1 is 1.32 bits per heavy atom. The molecule has 0 aliphatic carbocycles. The molecule has 2 atom stereocenters. The van der Waals surface area contributed by atoms with Crippen molar-refractivity contribution in [3.63, 3.8) is 0 Å². The molecule has 25 heavy (non-hydrogen) atoms. The van der Waals surface area contributed by atoms with E-state index in [4.69, 9.17) is 4.74 Å². The van der Waals surface area contributed by atoms with Crippen molar-refractivity contribution in [1.82, 2.24) is 15.1 Å². The molecule has 0 unspecified atom stereocenters. The number of para-hydroxylation sites is 1. The van der Waals surface area contributed by atoms with E-state index in [9.17, 15) is 4.79 Å². The Balaban J connectivity index is 1.53. The van der Waals surface area contributed by atoms with Crippen LogP contribution in [0.3, 0.4) is 0 Å². The largest absolute Gasteiger partial charge is 0.372 e. The number of ether oxygens (including phenoxy) is 1. The number of rotatable bonds is 5. The first-order chi connectivity index (χ1) is 12.0. The van der Waals surface area contributed by atoms with Crippen LogP contribution in [0.1, 0.15) is 19.4 Å². The van der Waals surface area contributed by atoms with Crippen LogP contribution in [0.15, 0.2) is 28.6 Å². The minimum atomic E-state index is 0.0872. The fraction of sp³-hybridized carbons (Fsp3) is 0.471. The van der Waals surface area contributed by atoms with Crippen LogP contribution in [0.2, 0.25) is 0 Å². The van der Waals surface area contributed by atoms with Crippen molar-refractivity contribution < 1.29 is 9.53 Å². The number of hydrogen-bond acceptors (Lipinski definition) is 7. The number of carbonyl (C=O) groups excluding carboxylic acids is 1. The van der Waals surface area contributed by atoms with Crippen molar-refractivity contribution in [2.24, 2.45) is 0 Å². The number of aryl methyl sites for hydroxylation is 1. The molecule has 134 valence electrons. The number of aromatic nitrogens is 2. The van der Waals surface area contributed by atoms with Crippen molar-refractivity contribution in [3.8, 4) is 0 Å². The van der Waals surface area contributed by atoms with Crippen LogP contribution < -0.4 is 5.32 Å². The van der Waals surface area contributed by atoms with Crippen LogP contribution in [0, 0.1) is 6.92 Å². The van der Waals surface area contributed by atoms with Crippen molar-refractivity contribution in [2.45, 2.75) is 37.3 Å². The van der Waals surface area contributed by atoms with Crippen LogP contribution in [0.5, 0.6) is 0 Å². The lowest BCUT2D eigenvalue weighted by Crippen LogP contribution is -2.48. The summed E-state index contributed by atoms with van der Waals surface area (Å²) in [5.41, 5.74) is 2.17. The molecule has 2 aromatic rings. The van der Waals surface area contributed by atoms with Crippen LogP contribution in [0.4, 0.5) is 10.8 Å². The van der Waals surface area contributed by atoms with Gasteiger partial charge in [0.2, 0.25) is 11.0 Å². The molecule has 1 aliphatic heterocycles. The Hall–Kier alpha value is -1.64. The molecule has 1 fully saturated rings. The Labute approximate surface area is 156 Å². The molecule has 6 nitrogen and oxygen atoms in total. The van der Waals surface area contributed by atoms with Crippen molar-refractivity contribution in [1.29, 1.82) is 0 Å². The van der Waals surface area contributed by atoms with Gasteiger partial charge in [-0.3, -0.25) is 4.79 Å². The van der Waals surface area contributed by atoms with Gasteiger partial charge < -0.3 is 15.0 Å². The highest BCUT2D eigenvalue weighted by atomic mass is 32.2. The summed E-state index contributed by atoms with van der Waals surface area (Å²) in [5.74, 6) is 0.494. The van der Waals surface area contributed by atoms with Crippen molar-refractivity contribution in [2.75, 3.05) is 24.2 Å². The van der Waals surface area contributed by atoms with E-state index in [1.165, 1.54) is 23.1 Å². The zero-order valence-corrected chi connectivity index (χ0v) is 16.2. The van der Waals surface area contributed by atoms with Gasteiger partial charge in [0.05, 0.1) is 18.0 Å². The normalized spacial score (nSPS) is 20.5. The topological polar surface area (TPSA) is 67.4 Å². The maximum Gasteiger partial charge on any atom is 0.233 e. The molecule has 3 rings (SSSR count). The molecule has 0 spiro atoms. The molecule has 0 radical (unpaired) electrons. The number of carbonyl (C=O) groups is 1. The van der Waals surface area contributed by atoms with Crippen molar-refractivity contribution in [3.05, 3.63) is 29.8 Å². The van der Waals surface area contributed by atoms with Crippen molar-refractivity contribution >= 4 is 39.8 Å². The van der Waals surface area contributed by atoms with Gasteiger partial charge in [-0.2, -0.15) is 0 Å². The molecule has 1 N–H and O–H groups in total. The molecule has 1 aliphatic rings. The van der Waals surface area contributed by atoms with E-state index < -0.39 is 0 Å². The second kappa shape index (κ2) is 8.16. The van der Waals surface area contributed by atoms with E-state index in [-0.39, 0.29) is 18.1 Å². The molecule has 8 heteroatoms. The zero-order valence-electron chi connectivity index (χ0n) is 14.6. The molecular weight excluding hydrogens is 356 g/mol. The Kier molecular flexibility index (Phi) is 5.93. The Morgan fingerprint density at radius 2 is 2.04 bits per heavy atom. The highest BCUT2D eigenvalue weighted by Gasteiger charge is 2.25. The predicted molar refractivity (Wildman–Crippen MR) is 102 cm³/mol. The molecule has 0 saturated carbocycles. The van der Waals surface area contributed by atoms with Gasteiger partial charge in [-0.05, 0) is 32.4 Å². The summed E-state index contributed by atoms with van der Waals surface area (Å²) < 4.78 is 6.46. The van der Waals surface area contributed by atoms with E-state index in [0.29, 0.717) is 18.8 Å². The number of hydrogen-bond donors (Lipinski definition) is 1. The molecule has 2 heterocycles. The van der Waals surface area contributed by atoms with Gasteiger partial charge in [0.1, 0.15) is 0 Å². The molecule has 1 saturated heterocycles. The SMILES string of the molecule is Cc1ccccc1Nc1nnc(SCC(=O)N2C[C@H](C)O[C@@H](C)C2)s1. The minimum Gasteiger partial charge on any atom is -0.372 e. The van der Waals surface area contributed by atoms with Gasteiger partial charge in [0.25, 0.3) is 0 Å². The smallest absolute Gasteiger partial charge is 0.233 e. The van der Waals surface area contributed by atoms with Gasteiger partial charge >= 0.3 is 0 Å². The molecular formula is C17H22N4O2S2. The number of morpholine rings is 1. The van der Waals surface area contributed by atoms with E-state index in [1.54, 1.807) is 0 Å². The lowest BCUT2D eigenvalue weighted by molar-refractivity contribution is -0.140. The molecule has 1 amide bonds. The molecule has 1 aromatic carbocycles. The summed E-state index contributed by atoms with van der Waals surface area (Å²) in [4.78, 5) is 14.3. The number of amides is 1. The first kappa shape index (κ1) is 18.2. The first-order valence-corrected chi connectivity index (χ1v) is 10.0. The van der Waals surface area contributed by atoms with E-state index >= 15 is 0 Å². The fourth-order valence-corrected chi connectivity index (χ4v) is 4.41. The Morgan fingerprint density at radius 3 is 2.76 bits per heavy atom. The number of nitrogens with zero attached hydrogens (tertiary/aromatic N) is 3. The van der Waals surface area contributed by atoms with Gasteiger partial charge in [-0.15, -0.1) is 10.2 Å². The summed E-state index contributed by atoms with van der Waals surface area (Å²) in [6, 6.07) is 8.03. The highest BCUT2D eigenvalue weighted by molar-refractivity contribution is 8.01. The average Bonchev–Trinajstić information content (AvgIpc) is 3.01. The zero-order chi connectivity index (χ0) is 17.8. The third-order valence-electron chi connectivity index (χ3n) is 3.88. The van der Waals surface area contributed by atoms with E-state index in [2.05, 4.69) is 15.5 Å². The van der Waals surface area contributed by atoms with Crippen LogP contribution in [-0.4, -0.2) is 52.1 Å². The highest BCUT2D eigenvalue weighted by Crippen LogP contribution is 2.29. The lowest BCUT2D eigenvalue weighted by atomic mass is 10.2. The number of anilines is 2. The number of thioether (sulfide) groups is 1. The number of nitrogens with one attached hydrogen (secondary N) is 1. The van der Waals surface area contributed by atoms with Gasteiger partial charge in [0, 0.05) is 18.8 Å². The quantitative estimate of drug-likeness (QED) is 0.805. The third-order valence-corrected chi connectivity index (χ3v) is 5.84. The van der Waals surface area contributed by atoms with Gasteiger partial charge in [-0.25, -0.2) is 0 Å². The first-order valence-electron chi connectivity index (χ1n) is 8.23. The summed E-state index contributed by atoms with van der Waals surface area (Å²) in [5, 5.41) is 12.3. The van der Waals surface area contributed by atoms with E-state index in [1.807, 2.05) is 49.9 Å². The lowest BCUT2D eigenvalue weighted by Gasteiger charge is -2.35. The predicted octanol–water partition coefficient (Wildman–Crippen LogP) is 3.32. The summed E-state index contributed by atoms with van der Waals surface area (Å²) >= 11 is 2.89. The second-order valence-electron chi connectivity index (χ2n) is 6.16. The second-order valence-corrected chi connectivity index (χ2v) is 8.36.